The highest BCUT2D eigenvalue weighted by Gasteiger charge is 2.28. The normalized spacial score (nSPS) is 20.4. The number of para-hydroxylation sites is 1. The maximum Gasteiger partial charge on any atom is 0.146 e. The number of halogens is 1. The molecule has 2 saturated heterocycles. The molecule has 1 aromatic carbocycles. The average molecular weight is 354 g/mol. The summed E-state index contributed by atoms with van der Waals surface area (Å²) >= 11 is 0. The van der Waals surface area contributed by atoms with E-state index in [1.165, 1.54) is 18.4 Å². The molecule has 0 amide bonds. The van der Waals surface area contributed by atoms with Gasteiger partial charge in [0.15, 0.2) is 0 Å². The molecule has 0 unspecified atom stereocenters. The summed E-state index contributed by atoms with van der Waals surface area (Å²) in [4.78, 5) is 11.4. The Balaban J connectivity index is 1.25. The zero-order chi connectivity index (χ0) is 17.8. The first kappa shape index (κ1) is 17.4. The summed E-state index contributed by atoms with van der Waals surface area (Å²) < 4.78 is 14.0. The van der Waals surface area contributed by atoms with Crippen LogP contribution in [0.1, 0.15) is 18.4 Å². The molecule has 4 nitrogen and oxygen atoms in total. The van der Waals surface area contributed by atoms with Crippen molar-refractivity contribution in [2.24, 2.45) is 0 Å². The first-order valence-electron chi connectivity index (χ1n) is 9.64. The van der Waals surface area contributed by atoms with E-state index in [-0.39, 0.29) is 5.82 Å². The Bertz CT molecular complexity index is 692. The highest BCUT2D eigenvalue weighted by Crippen LogP contribution is 2.23. The van der Waals surface area contributed by atoms with Crippen LogP contribution in [-0.2, 0) is 6.54 Å². The highest BCUT2D eigenvalue weighted by atomic mass is 19.1. The number of pyridine rings is 1. The molecule has 0 radical (unpaired) electrons. The SMILES string of the molecule is Fc1ccccc1N1CCN(C2CCN(Cc3ccncc3)CC2)CC1. The smallest absolute Gasteiger partial charge is 0.146 e. The summed E-state index contributed by atoms with van der Waals surface area (Å²) in [6.45, 7) is 7.22. The zero-order valence-electron chi connectivity index (χ0n) is 15.2. The Labute approximate surface area is 155 Å². The number of benzene rings is 1. The Hall–Kier alpha value is -1.98. The summed E-state index contributed by atoms with van der Waals surface area (Å²) in [5.41, 5.74) is 2.09. The van der Waals surface area contributed by atoms with Crippen LogP contribution in [0.15, 0.2) is 48.8 Å². The molecule has 0 N–H and O–H groups in total. The minimum atomic E-state index is -0.106. The van der Waals surface area contributed by atoms with Gasteiger partial charge in [0.05, 0.1) is 5.69 Å². The fraction of sp³-hybridized carbons (Fsp3) is 0.476. The molecule has 0 aliphatic carbocycles. The minimum Gasteiger partial charge on any atom is -0.367 e. The van der Waals surface area contributed by atoms with Gasteiger partial charge in [-0.05, 0) is 55.8 Å². The van der Waals surface area contributed by atoms with Gasteiger partial charge in [-0.1, -0.05) is 12.1 Å². The number of hydrogen-bond donors (Lipinski definition) is 0. The van der Waals surface area contributed by atoms with Crippen LogP contribution in [-0.4, -0.2) is 60.1 Å². The summed E-state index contributed by atoms with van der Waals surface area (Å²) in [6.07, 6.45) is 6.20. The number of nitrogens with zero attached hydrogens (tertiary/aromatic N) is 4. The second-order valence-corrected chi connectivity index (χ2v) is 7.34. The first-order chi connectivity index (χ1) is 12.8. The maximum atomic E-state index is 14.0. The second-order valence-electron chi connectivity index (χ2n) is 7.34. The topological polar surface area (TPSA) is 22.6 Å². The van der Waals surface area contributed by atoms with Gasteiger partial charge >= 0.3 is 0 Å². The number of piperazine rings is 1. The van der Waals surface area contributed by atoms with E-state index in [2.05, 4.69) is 31.8 Å². The standard InChI is InChI=1S/C21H27FN4/c22-20-3-1-2-4-21(20)26-15-13-25(14-16-26)19-7-11-24(12-8-19)17-18-5-9-23-10-6-18/h1-6,9-10,19H,7-8,11-17H2. The van der Waals surface area contributed by atoms with E-state index in [1.54, 1.807) is 12.1 Å². The lowest BCUT2D eigenvalue weighted by atomic mass is 10.0. The molecule has 1 aromatic heterocycles. The van der Waals surface area contributed by atoms with Crippen LogP contribution < -0.4 is 4.90 Å². The van der Waals surface area contributed by atoms with Crippen LogP contribution in [0.5, 0.6) is 0 Å². The summed E-state index contributed by atoms with van der Waals surface area (Å²) in [5.74, 6) is -0.106. The van der Waals surface area contributed by atoms with Crippen LogP contribution in [0.2, 0.25) is 0 Å². The van der Waals surface area contributed by atoms with Crippen molar-refractivity contribution in [3.8, 4) is 0 Å². The fourth-order valence-electron chi connectivity index (χ4n) is 4.23. The van der Waals surface area contributed by atoms with Crippen molar-refractivity contribution in [2.45, 2.75) is 25.4 Å². The molecule has 2 aliphatic heterocycles. The van der Waals surface area contributed by atoms with E-state index in [0.29, 0.717) is 6.04 Å². The lowest BCUT2D eigenvalue weighted by molar-refractivity contribution is 0.0997. The van der Waals surface area contributed by atoms with Gasteiger partial charge in [-0.2, -0.15) is 0 Å². The minimum absolute atomic E-state index is 0.106. The van der Waals surface area contributed by atoms with Gasteiger partial charge in [-0.3, -0.25) is 14.8 Å². The van der Waals surface area contributed by atoms with E-state index in [9.17, 15) is 4.39 Å². The number of likely N-dealkylation sites (tertiary alicyclic amines) is 1. The first-order valence-corrected chi connectivity index (χ1v) is 9.64. The number of hydrogen-bond acceptors (Lipinski definition) is 4. The number of aromatic nitrogens is 1. The molecule has 2 fully saturated rings. The molecule has 0 spiro atoms. The van der Waals surface area contributed by atoms with Crippen LogP contribution in [0, 0.1) is 5.82 Å². The zero-order valence-corrected chi connectivity index (χ0v) is 15.2. The molecule has 3 heterocycles. The van der Waals surface area contributed by atoms with Gasteiger partial charge in [0.1, 0.15) is 5.82 Å². The number of piperidine rings is 1. The predicted molar refractivity (Wildman–Crippen MR) is 103 cm³/mol. The molecule has 2 aromatic rings. The molecule has 0 atom stereocenters. The molecule has 2 aliphatic rings. The van der Waals surface area contributed by atoms with Gasteiger partial charge in [-0.15, -0.1) is 0 Å². The van der Waals surface area contributed by atoms with Crippen molar-refractivity contribution in [2.75, 3.05) is 44.2 Å². The van der Waals surface area contributed by atoms with Crippen molar-refractivity contribution in [3.63, 3.8) is 0 Å². The average Bonchev–Trinajstić information content (AvgIpc) is 2.70. The molecule has 5 heteroatoms. The van der Waals surface area contributed by atoms with Crippen molar-refractivity contribution < 1.29 is 4.39 Å². The Morgan fingerprint density at radius 3 is 2.27 bits per heavy atom. The largest absolute Gasteiger partial charge is 0.367 e. The second kappa shape index (κ2) is 8.14. The van der Waals surface area contributed by atoms with Crippen LogP contribution >= 0.6 is 0 Å². The lowest BCUT2D eigenvalue weighted by Gasteiger charge is -2.43. The van der Waals surface area contributed by atoms with Crippen molar-refractivity contribution in [3.05, 3.63) is 60.2 Å². The maximum absolute atomic E-state index is 14.0. The quantitative estimate of drug-likeness (QED) is 0.842. The fourth-order valence-corrected chi connectivity index (χ4v) is 4.23. The van der Waals surface area contributed by atoms with Gasteiger partial charge in [0.2, 0.25) is 0 Å². The molecule has 26 heavy (non-hydrogen) atoms. The third-order valence-corrected chi connectivity index (χ3v) is 5.74. The van der Waals surface area contributed by atoms with Crippen LogP contribution in [0.25, 0.3) is 0 Å². The van der Waals surface area contributed by atoms with Crippen LogP contribution in [0.4, 0.5) is 10.1 Å². The Morgan fingerprint density at radius 2 is 1.58 bits per heavy atom. The predicted octanol–water partition coefficient (Wildman–Crippen LogP) is 3.01. The van der Waals surface area contributed by atoms with E-state index >= 15 is 0 Å². The molecule has 4 rings (SSSR count). The Kier molecular flexibility index (Phi) is 5.46. The lowest BCUT2D eigenvalue weighted by Crippen LogP contribution is -2.53. The number of rotatable bonds is 4. The van der Waals surface area contributed by atoms with E-state index in [4.69, 9.17) is 0 Å². The van der Waals surface area contributed by atoms with Gasteiger partial charge in [-0.25, -0.2) is 4.39 Å². The van der Waals surface area contributed by atoms with E-state index < -0.39 is 0 Å². The third kappa shape index (κ3) is 4.05. The summed E-state index contributed by atoms with van der Waals surface area (Å²) in [7, 11) is 0. The van der Waals surface area contributed by atoms with Gasteiger partial charge in [0, 0.05) is 51.2 Å². The Morgan fingerprint density at radius 1 is 0.885 bits per heavy atom. The highest BCUT2D eigenvalue weighted by molar-refractivity contribution is 5.48. The third-order valence-electron chi connectivity index (χ3n) is 5.74. The van der Waals surface area contributed by atoms with E-state index in [0.717, 1.165) is 51.5 Å². The molecular weight excluding hydrogens is 327 g/mol. The molecule has 138 valence electrons. The molecule has 0 saturated carbocycles. The van der Waals surface area contributed by atoms with Crippen molar-refractivity contribution in [1.82, 2.24) is 14.8 Å². The molecule has 0 bridgehead atoms. The monoisotopic (exact) mass is 354 g/mol. The van der Waals surface area contributed by atoms with Gasteiger partial charge < -0.3 is 4.90 Å². The van der Waals surface area contributed by atoms with Crippen molar-refractivity contribution >= 4 is 5.69 Å². The summed E-state index contributed by atoms with van der Waals surface area (Å²) in [5, 5.41) is 0. The van der Waals surface area contributed by atoms with E-state index in [1.807, 2.05) is 24.5 Å². The number of anilines is 1. The molecular formula is C21H27FN4. The van der Waals surface area contributed by atoms with Crippen molar-refractivity contribution in [1.29, 1.82) is 0 Å². The van der Waals surface area contributed by atoms with Gasteiger partial charge in [0.25, 0.3) is 0 Å². The summed E-state index contributed by atoms with van der Waals surface area (Å²) in [6, 6.07) is 12.0. The van der Waals surface area contributed by atoms with Crippen LogP contribution in [0.3, 0.4) is 0 Å².